The molecule has 0 atom stereocenters. The number of ether oxygens (including phenoxy) is 1. The largest absolute Gasteiger partial charge is 0.462 e. The van der Waals surface area contributed by atoms with Crippen LogP contribution in [-0.2, 0) is 17.6 Å². The Morgan fingerprint density at radius 1 is 1.19 bits per heavy atom. The highest BCUT2D eigenvalue weighted by Gasteiger charge is 2.27. The van der Waals surface area contributed by atoms with Crippen LogP contribution < -0.4 is 10.6 Å². The lowest BCUT2D eigenvalue weighted by molar-refractivity contribution is 0.0526. The van der Waals surface area contributed by atoms with E-state index in [0.717, 1.165) is 30.2 Å². The normalized spacial score (nSPS) is 22.4. The number of fused-ring (bicyclic) bond motifs is 1. The lowest BCUT2D eigenvalue weighted by Crippen LogP contribution is -2.40. The summed E-state index contributed by atoms with van der Waals surface area (Å²) in [5.41, 5.74) is 1.89. The third-order valence-electron chi connectivity index (χ3n) is 5.64. The zero-order valence-electron chi connectivity index (χ0n) is 15.9. The topological polar surface area (TPSA) is 50.4 Å². The molecule has 1 heterocycles. The van der Waals surface area contributed by atoms with Crippen molar-refractivity contribution in [3.05, 3.63) is 16.0 Å². The van der Waals surface area contributed by atoms with Gasteiger partial charge in [-0.2, -0.15) is 0 Å². The number of hydrogen-bond acceptors (Lipinski definition) is 4. The van der Waals surface area contributed by atoms with Gasteiger partial charge in [-0.05, 0) is 82.0 Å². The zero-order valence-corrected chi connectivity index (χ0v) is 17.5. The fraction of sp³-hybridized carbons (Fsp3) is 0.700. The maximum atomic E-state index is 12.5. The van der Waals surface area contributed by atoms with Gasteiger partial charge in [0.25, 0.3) is 0 Å². The number of rotatable bonds is 5. The maximum Gasteiger partial charge on any atom is 0.341 e. The highest BCUT2D eigenvalue weighted by Crippen LogP contribution is 2.38. The first-order valence-corrected chi connectivity index (χ1v) is 11.2. The van der Waals surface area contributed by atoms with Crippen LogP contribution in [0.3, 0.4) is 0 Å². The molecule has 0 amide bonds. The minimum atomic E-state index is -0.222. The fourth-order valence-corrected chi connectivity index (χ4v) is 5.73. The van der Waals surface area contributed by atoms with Gasteiger partial charge in [0, 0.05) is 10.9 Å². The van der Waals surface area contributed by atoms with Crippen molar-refractivity contribution in [3.63, 3.8) is 0 Å². The number of aryl methyl sites for hydroxylation is 1. The molecule has 26 heavy (non-hydrogen) atoms. The molecule has 0 unspecified atom stereocenters. The molecule has 4 nitrogen and oxygen atoms in total. The summed E-state index contributed by atoms with van der Waals surface area (Å²) in [6, 6.07) is 0.443. The summed E-state index contributed by atoms with van der Waals surface area (Å²) in [4.78, 5) is 13.8. The Kier molecular flexibility index (Phi) is 6.92. The van der Waals surface area contributed by atoms with Crippen molar-refractivity contribution in [3.8, 4) is 0 Å². The Balaban J connectivity index is 1.67. The number of anilines is 1. The average Bonchev–Trinajstić information content (AvgIpc) is 3.00. The van der Waals surface area contributed by atoms with Crippen LogP contribution in [0.15, 0.2) is 0 Å². The van der Waals surface area contributed by atoms with Gasteiger partial charge in [-0.3, -0.25) is 0 Å². The molecule has 144 valence electrons. The number of thiophene rings is 1. The molecule has 1 aromatic heterocycles. The van der Waals surface area contributed by atoms with Crippen molar-refractivity contribution >= 4 is 39.6 Å². The smallest absolute Gasteiger partial charge is 0.341 e. The molecule has 0 bridgehead atoms. The maximum absolute atomic E-state index is 12.5. The molecule has 6 heteroatoms. The second kappa shape index (κ2) is 9.18. The molecule has 0 saturated heterocycles. The molecule has 0 spiro atoms. The molecule has 3 rings (SSSR count). The molecule has 1 fully saturated rings. The van der Waals surface area contributed by atoms with Crippen LogP contribution in [0.5, 0.6) is 0 Å². The standard InChI is InChI=1S/C20H30N2O2S2/c1-3-13-9-11-14(12-10-13)21-20(25)22-18-17(19(23)24-4-2)15-7-5-6-8-16(15)26-18/h13-14H,3-12H2,1-2H3,(H2,21,22,25). The number of thiocarbonyl (C=S) groups is 1. The van der Waals surface area contributed by atoms with Gasteiger partial charge in [-0.25, -0.2) is 4.79 Å². The van der Waals surface area contributed by atoms with Crippen molar-refractivity contribution < 1.29 is 9.53 Å². The van der Waals surface area contributed by atoms with Crippen molar-refractivity contribution in [1.82, 2.24) is 5.32 Å². The van der Waals surface area contributed by atoms with E-state index in [4.69, 9.17) is 17.0 Å². The molecule has 0 radical (unpaired) electrons. The lowest BCUT2D eigenvalue weighted by atomic mass is 9.85. The number of hydrogen-bond donors (Lipinski definition) is 2. The molecular weight excluding hydrogens is 364 g/mol. The SMILES string of the molecule is CCOC(=O)c1c(NC(=S)NC2CCC(CC)CC2)sc2c1CCCC2. The molecular formula is C20H30N2O2S2. The first-order valence-electron chi connectivity index (χ1n) is 10.0. The van der Waals surface area contributed by atoms with Gasteiger partial charge < -0.3 is 15.4 Å². The Labute approximate surface area is 166 Å². The highest BCUT2D eigenvalue weighted by atomic mass is 32.1. The third-order valence-corrected chi connectivity index (χ3v) is 7.06. The number of nitrogens with one attached hydrogen (secondary N) is 2. The molecule has 2 N–H and O–H groups in total. The van der Waals surface area contributed by atoms with E-state index in [1.54, 1.807) is 11.3 Å². The summed E-state index contributed by atoms with van der Waals surface area (Å²) in [6.07, 6.45) is 10.5. The van der Waals surface area contributed by atoms with Gasteiger partial charge in [-0.1, -0.05) is 13.3 Å². The van der Waals surface area contributed by atoms with Crippen molar-refractivity contribution in [2.24, 2.45) is 5.92 Å². The Hall–Kier alpha value is -1.14. The van der Waals surface area contributed by atoms with Crippen LogP contribution >= 0.6 is 23.6 Å². The van der Waals surface area contributed by atoms with Crippen molar-refractivity contribution in [2.45, 2.75) is 77.7 Å². The predicted molar refractivity (Wildman–Crippen MR) is 112 cm³/mol. The Bertz CT molecular complexity index is 648. The third kappa shape index (κ3) is 4.58. The van der Waals surface area contributed by atoms with E-state index in [2.05, 4.69) is 17.6 Å². The molecule has 2 aliphatic rings. The van der Waals surface area contributed by atoms with Gasteiger partial charge in [-0.15, -0.1) is 11.3 Å². The van der Waals surface area contributed by atoms with E-state index in [1.807, 2.05) is 6.92 Å². The van der Waals surface area contributed by atoms with Crippen LogP contribution in [-0.4, -0.2) is 23.7 Å². The number of carbonyl (C=O) groups is 1. The second-order valence-electron chi connectivity index (χ2n) is 7.36. The van der Waals surface area contributed by atoms with Gasteiger partial charge in [0.05, 0.1) is 12.2 Å². The Morgan fingerprint density at radius 3 is 2.62 bits per heavy atom. The first-order chi connectivity index (χ1) is 12.6. The van der Waals surface area contributed by atoms with Gasteiger partial charge in [0.1, 0.15) is 5.00 Å². The number of carbonyl (C=O) groups excluding carboxylic acids is 1. The summed E-state index contributed by atoms with van der Waals surface area (Å²) in [7, 11) is 0. The minimum Gasteiger partial charge on any atom is -0.462 e. The minimum absolute atomic E-state index is 0.222. The van der Waals surface area contributed by atoms with Crippen LogP contribution in [0, 0.1) is 5.92 Å². The molecule has 0 aromatic carbocycles. The lowest BCUT2D eigenvalue weighted by Gasteiger charge is -2.29. The second-order valence-corrected chi connectivity index (χ2v) is 8.87. The van der Waals surface area contributed by atoms with Gasteiger partial charge in [0.2, 0.25) is 0 Å². The van der Waals surface area contributed by atoms with Crippen LogP contribution in [0.2, 0.25) is 0 Å². The Morgan fingerprint density at radius 2 is 1.92 bits per heavy atom. The molecule has 2 aliphatic carbocycles. The highest BCUT2D eigenvalue weighted by molar-refractivity contribution is 7.80. The number of esters is 1. The summed E-state index contributed by atoms with van der Waals surface area (Å²) in [5.74, 6) is 0.648. The van der Waals surface area contributed by atoms with Crippen molar-refractivity contribution in [1.29, 1.82) is 0 Å². The summed E-state index contributed by atoms with van der Waals surface area (Å²) in [5, 5.41) is 8.27. The van der Waals surface area contributed by atoms with E-state index in [-0.39, 0.29) is 5.97 Å². The van der Waals surface area contributed by atoms with E-state index in [0.29, 0.717) is 23.3 Å². The quantitative estimate of drug-likeness (QED) is 0.540. The predicted octanol–water partition coefficient (Wildman–Crippen LogP) is 5.06. The summed E-state index contributed by atoms with van der Waals surface area (Å²) in [6.45, 7) is 4.52. The van der Waals surface area contributed by atoms with Crippen LogP contribution in [0.1, 0.15) is 79.6 Å². The van der Waals surface area contributed by atoms with Crippen molar-refractivity contribution in [2.75, 3.05) is 11.9 Å². The molecule has 1 aromatic rings. The van der Waals surface area contributed by atoms with Crippen LogP contribution in [0.4, 0.5) is 5.00 Å². The van der Waals surface area contributed by atoms with E-state index < -0.39 is 0 Å². The summed E-state index contributed by atoms with van der Waals surface area (Å²) >= 11 is 7.23. The van der Waals surface area contributed by atoms with Crippen LogP contribution in [0.25, 0.3) is 0 Å². The van der Waals surface area contributed by atoms with Gasteiger partial charge >= 0.3 is 5.97 Å². The van der Waals surface area contributed by atoms with E-state index in [1.165, 1.54) is 49.0 Å². The average molecular weight is 395 g/mol. The zero-order chi connectivity index (χ0) is 18.5. The van der Waals surface area contributed by atoms with E-state index >= 15 is 0 Å². The van der Waals surface area contributed by atoms with Gasteiger partial charge in [0.15, 0.2) is 5.11 Å². The summed E-state index contributed by atoms with van der Waals surface area (Å²) < 4.78 is 5.31. The fourth-order valence-electron chi connectivity index (χ4n) is 4.11. The molecule has 0 aliphatic heterocycles. The van der Waals surface area contributed by atoms with E-state index in [9.17, 15) is 4.79 Å². The monoisotopic (exact) mass is 394 g/mol. The molecule has 1 saturated carbocycles. The first kappa shape index (κ1) is 19.6.